The zero-order valence-corrected chi connectivity index (χ0v) is 10.00. The number of carboxylic acids is 2. The second kappa shape index (κ2) is 4.75. The Balaban J connectivity index is 2.48. The normalized spacial score (nSPS) is 17.2. The van der Waals surface area contributed by atoms with Crippen molar-refractivity contribution in [2.75, 3.05) is 0 Å². The number of aromatic nitrogens is 1. The highest BCUT2D eigenvalue weighted by molar-refractivity contribution is 5.73. The van der Waals surface area contributed by atoms with E-state index >= 15 is 0 Å². The van der Waals surface area contributed by atoms with Crippen LogP contribution >= 0.6 is 0 Å². The summed E-state index contributed by atoms with van der Waals surface area (Å²) in [6.07, 6.45) is 0.290. The molecule has 1 aromatic rings. The number of aromatic hydroxyl groups is 1. The largest absolute Gasteiger partial charge is 0.506 e. The van der Waals surface area contributed by atoms with Crippen molar-refractivity contribution in [1.29, 1.82) is 0 Å². The lowest BCUT2D eigenvalue weighted by Gasteiger charge is -2.12. The van der Waals surface area contributed by atoms with Crippen LogP contribution in [0, 0.1) is 0 Å². The molecule has 1 aromatic heterocycles. The SMILES string of the molecule is O=C(O)CCc1cc(O)c2n(c1=O)[C@@H](C(=O)O)CC2. The third-order valence-corrected chi connectivity index (χ3v) is 3.25. The van der Waals surface area contributed by atoms with E-state index in [1.54, 1.807) is 0 Å². The van der Waals surface area contributed by atoms with E-state index in [0.717, 1.165) is 4.57 Å². The van der Waals surface area contributed by atoms with Crippen molar-refractivity contribution in [2.24, 2.45) is 0 Å². The van der Waals surface area contributed by atoms with Crippen LogP contribution in [0.2, 0.25) is 0 Å². The average Bonchev–Trinajstić information content (AvgIpc) is 2.77. The molecule has 0 bridgehead atoms. The predicted octanol–water partition coefficient (Wildman–Crippen LogP) is 0.143. The molecule has 7 heteroatoms. The summed E-state index contributed by atoms with van der Waals surface area (Å²) < 4.78 is 1.06. The quantitative estimate of drug-likeness (QED) is 0.714. The lowest BCUT2D eigenvalue weighted by Crippen LogP contribution is -2.30. The van der Waals surface area contributed by atoms with Crippen LogP contribution in [0.15, 0.2) is 10.9 Å². The predicted molar refractivity (Wildman–Crippen MR) is 63.3 cm³/mol. The van der Waals surface area contributed by atoms with Crippen LogP contribution in [0.4, 0.5) is 0 Å². The molecular formula is C12H13NO6. The van der Waals surface area contributed by atoms with Crippen LogP contribution in [-0.4, -0.2) is 31.8 Å². The number of nitrogens with zero attached hydrogens (tertiary/aromatic N) is 1. The van der Waals surface area contributed by atoms with Crippen molar-refractivity contribution in [2.45, 2.75) is 31.7 Å². The number of fused-ring (bicyclic) bond motifs is 1. The van der Waals surface area contributed by atoms with Gasteiger partial charge in [-0.25, -0.2) is 4.79 Å². The standard InChI is InChI=1S/C12H13NO6/c14-9-5-6(1-4-10(15)16)11(17)13-7(9)2-3-8(13)12(18)19/h5,8,14H,1-4H2,(H,15,16)(H,18,19)/t8-/m1/s1. The van der Waals surface area contributed by atoms with Crippen LogP contribution in [0.25, 0.3) is 0 Å². The molecule has 0 saturated heterocycles. The maximum absolute atomic E-state index is 12.1. The second-order valence-corrected chi connectivity index (χ2v) is 4.46. The molecule has 0 radical (unpaired) electrons. The first kappa shape index (κ1) is 13.1. The van der Waals surface area contributed by atoms with Crippen molar-refractivity contribution < 1.29 is 24.9 Å². The van der Waals surface area contributed by atoms with E-state index in [2.05, 4.69) is 0 Å². The van der Waals surface area contributed by atoms with Crippen molar-refractivity contribution in [1.82, 2.24) is 4.57 Å². The fourth-order valence-electron chi connectivity index (χ4n) is 2.35. The molecule has 1 atom stereocenters. The number of carbonyl (C=O) groups is 2. The summed E-state index contributed by atoms with van der Waals surface area (Å²) in [7, 11) is 0. The fraction of sp³-hybridized carbons (Fsp3) is 0.417. The molecule has 7 nitrogen and oxygen atoms in total. The molecule has 1 aliphatic heterocycles. The molecule has 1 aliphatic rings. The van der Waals surface area contributed by atoms with E-state index in [-0.39, 0.29) is 30.6 Å². The third kappa shape index (κ3) is 2.31. The molecule has 0 unspecified atom stereocenters. The average molecular weight is 267 g/mol. The number of carboxylic acid groups (broad SMARTS) is 2. The lowest BCUT2D eigenvalue weighted by atomic mass is 10.1. The van der Waals surface area contributed by atoms with Crippen LogP contribution in [0.1, 0.15) is 30.1 Å². The summed E-state index contributed by atoms with van der Waals surface area (Å²) in [5, 5.41) is 27.5. The van der Waals surface area contributed by atoms with Gasteiger partial charge in [-0.05, 0) is 25.3 Å². The highest BCUT2D eigenvalue weighted by Crippen LogP contribution is 2.30. The van der Waals surface area contributed by atoms with E-state index in [1.165, 1.54) is 6.07 Å². The maximum Gasteiger partial charge on any atom is 0.326 e. The van der Waals surface area contributed by atoms with Crippen molar-refractivity contribution in [3.05, 3.63) is 27.7 Å². The van der Waals surface area contributed by atoms with Gasteiger partial charge in [0.2, 0.25) is 0 Å². The number of hydrogen-bond acceptors (Lipinski definition) is 4. The third-order valence-electron chi connectivity index (χ3n) is 3.25. The van der Waals surface area contributed by atoms with Gasteiger partial charge >= 0.3 is 11.9 Å². The molecule has 102 valence electrons. The van der Waals surface area contributed by atoms with Gasteiger partial charge in [0.1, 0.15) is 11.8 Å². The van der Waals surface area contributed by atoms with Gasteiger partial charge in [-0.3, -0.25) is 14.2 Å². The van der Waals surface area contributed by atoms with Crippen LogP contribution in [-0.2, 0) is 22.4 Å². The summed E-state index contributed by atoms with van der Waals surface area (Å²) in [6, 6.07) is 0.250. The minimum atomic E-state index is -1.13. The van der Waals surface area contributed by atoms with E-state index in [9.17, 15) is 19.5 Å². The molecule has 0 saturated carbocycles. The number of aryl methyl sites for hydroxylation is 1. The minimum Gasteiger partial charge on any atom is -0.506 e. The first-order valence-electron chi connectivity index (χ1n) is 5.82. The molecule has 0 spiro atoms. The van der Waals surface area contributed by atoms with E-state index in [0.29, 0.717) is 12.1 Å². The lowest BCUT2D eigenvalue weighted by molar-refractivity contribution is -0.141. The highest BCUT2D eigenvalue weighted by Gasteiger charge is 2.31. The molecule has 0 amide bonds. The molecule has 0 aromatic carbocycles. The highest BCUT2D eigenvalue weighted by atomic mass is 16.4. The van der Waals surface area contributed by atoms with Gasteiger partial charge in [0, 0.05) is 12.0 Å². The van der Waals surface area contributed by atoms with Crippen molar-refractivity contribution in [3.63, 3.8) is 0 Å². The fourth-order valence-corrected chi connectivity index (χ4v) is 2.35. The number of aliphatic carboxylic acids is 2. The first-order valence-corrected chi connectivity index (χ1v) is 5.82. The van der Waals surface area contributed by atoms with Gasteiger partial charge in [-0.15, -0.1) is 0 Å². The minimum absolute atomic E-state index is 0.0334. The molecule has 2 heterocycles. The van der Waals surface area contributed by atoms with Gasteiger partial charge in [0.05, 0.1) is 5.69 Å². The van der Waals surface area contributed by atoms with Gasteiger partial charge in [-0.1, -0.05) is 0 Å². The Morgan fingerprint density at radius 1 is 1.37 bits per heavy atom. The summed E-state index contributed by atoms with van der Waals surface area (Å²) >= 11 is 0. The summed E-state index contributed by atoms with van der Waals surface area (Å²) in [4.78, 5) is 33.7. The Kier molecular flexibility index (Phi) is 3.28. The van der Waals surface area contributed by atoms with Crippen LogP contribution < -0.4 is 5.56 Å². The zero-order valence-electron chi connectivity index (χ0n) is 10.00. The van der Waals surface area contributed by atoms with E-state index < -0.39 is 23.5 Å². The zero-order chi connectivity index (χ0) is 14.2. The van der Waals surface area contributed by atoms with Gasteiger partial charge in [0.25, 0.3) is 5.56 Å². The molecule has 0 fully saturated rings. The van der Waals surface area contributed by atoms with Gasteiger partial charge in [0.15, 0.2) is 0 Å². The smallest absolute Gasteiger partial charge is 0.326 e. The molecule has 0 aliphatic carbocycles. The number of rotatable bonds is 4. The Bertz CT molecular complexity index is 603. The molecule has 19 heavy (non-hydrogen) atoms. The first-order chi connectivity index (χ1) is 8.91. The molecule has 3 N–H and O–H groups in total. The second-order valence-electron chi connectivity index (χ2n) is 4.46. The summed E-state index contributed by atoms with van der Waals surface area (Å²) in [6.45, 7) is 0. The van der Waals surface area contributed by atoms with Gasteiger partial charge < -0.3 is 15.3 Å². The van der Waals surface area contributed by atoms with Crippen molar-refractivity contribution in [3.8, 4) is 5.75 Å². The topological polar surface area (TPSA) is 117 Å². The van der Waals surface area contributed by atoms with Crippen molar-refractivity contribution >= 4 is 11.9 Å². The van der Waals surface area contributed by atoms with E-state index in [1.807, 2.05) is 0 Å². The summed E-state index contributed by atoms with van der Waals surface area (Å²) in [5.41, 5.74) is -0.104. The Hall–Kier alpha value is -2.31. The number of hydrogen-bond donors (Lipinski definition) is 3. The molecule has 2 rings (SSSR count). The molecular weight excluding hydrogens is 254 g/mol. The Morgan fingerprint density at radius 3 is 2.63 bits per heavy atom. The summed E-state index contributed by atoms with van der Waals surface area (Å²) in [5.74, 6) is -2.33. The van der Waals surface area contributed by atoms with E-state index in [4.69, 9.17) is 10.2 Å². The Labute approximate surface area is 107 Å². The number of pyridine rings is 1. The maximum atomic E-state index is 12.1. The van der Waals surface area contributed by atoms with Crippen LogP contribution in [0.3, 0.4) is 0 Å². The van der Waals surface area contributed by atoms with Crippen LogP contribution in [0.5, 0.6) is 5.75 Å². The van der Waals surface area contributed by atoms with Gasteiger partial charge in [-0.2, -0.15) is 0 Å². The Morgan fingerprint density at radius 2 is 2.05 bits per heavy atom. The monoisotopic (exact) mass is 267 g/mol.